The average Bonchev–Trinajstić information content (AvgIpc) is 2.65. The smallest absolute Gasteiger partial charge is 0.157 e. The summed E-state index contributed by atoms with van der Waals surface area (Å²) in [5, 5.41) is 0. The van der Waals surface area contributed by atoms with Gasteiger partial charge in [-0.05, 0) is 25.5 Å². The van der Waals surface area contributed by atoms with E-state index in [9.17, 15) is 4.79 Å². The van der Waals surface area contributed by atoms with Gasteiger partial charge in [-0.15, -0.1) is 0 Å². The largest absolute Gasteiger partial charge is 0.372 e. The highest BCUT2D eigenvalue weighted by molar-refractivity contribution is 5.92. The molecule has 0 N–H and O–H groups in total. The molecule has 16 heavy (non-hydrogen) atoms. The third-order valence-corrected chi connectivity index (χ3v) is 2.79. The maximum absolute atomic E-state index is 11.1. The number of hydrogen-bond donors (Lipinski definition) is 0. The lowest BCUT2D eigenvalue weighted by molar-refractivity contribution is -0.114. The third kappa shape index (κ3) is 2.48. The van der Waals surface area contributed by atoms with Crippen molar-refractivity contribution in [3.8, 4) is 0 Å². The Labute approximate surface area is 95.8 Å². The number of aryl methyl sites for hydroxylation is 1. The molecule has 1 heterocycles. The lowest BCUT2D eigenvalue weighted by Gasteiger charge is -2.19. The first-order valence-corrected chi connectivity index (χ1v) is 5.52. The van der Waals surface area contributed by atoms with Gasteiger partial charge in [-0.1, -0.05) is 6.07 Å². The van der Waals surface area contributed by atoms with Gasteiger partial charge < -0.3 is 4.90 Å². The van der Waals surface area contributed by atoms with E-state index in [2.05, 4.69) is 9.88 Å². The molecule has 0 radical (unpaired) electrons. The topological polar surface area (TPSA) is 33.2 Å². The second-order valence-corrected chi connectivity index (χ2v) is 4.23. The van der Waals surface area contributed by atoms with Gasteiger partial charge in [0, 0.05) is 30.9 Å². The third-order valence-electron chi connectivity index (χ3n) is 2.79. The minimum absolute atomic E-state index is 0.235. The van der Waals surface area contributed by atoms with Crippen molar-refractivity contribution in [2.75, 3.05) is 7.05 Å². The highest BCUT2D eigenvalue weighted by Crippen LogP contribution is 2.19. The highest BCUT2D eigenvalue weighted by atomic mass is 16.1. The molecule has 0 spiro atoms. The van der Waals surface area contributed by atoms with E-state index in [1.807, 2.05) is 32.2 Å². The summed E-state index contributed by atoms with van der Waals surface area (Å²) in [7, 11) is 2.01. The number of aromatic nitrogens is 1. The Balaban J connectivity index is 2.05. The number of nitrogens with zero attached hydrogens (tertiary/aromatic N) is 2. The zero-order valence-electron chi connectivity index (χ0n) is 9.73. The van der Waals surface area contributed by atoms with Crippen LogP contribution in [0.4, 0.5) is 0 Å². The molecule has 0 bridgehead atoms. The molecule has 0 saturated heterocycles. The van der Waals surface area contributed by atoms with Gasteiger partial charge in [-0.3, -0.25) is 9.78 Å². The Morgan fingerprint density at radius 3 is 2.81 bits per heavy atom. The fourth-order valence-corrected chi connectivity index (χ4v) is 1.91. The van der Waals surface area contributed by atoms with Crippen LogP contribution >= 0.6 is 0 Å². The monoisotopic (exact) mass is 216 g/mol. The molecule has 0 amide bonds. The van der Waals surface area contributed by atoms with Crippen LogP contribution in [0.1, 0.15) is 24.2 Å². The number of rotatable bonds is 3. The summed E-state index contributed by atoms with van der Waals surface area (Å²) in [5.74, 6) is 0.235. The number of allylic oxidation sites excluding steroid dienone is 2. The van der Waals surface area contributed by atoms with Crippen LogP contribution in [0.2, 0.25) is 0 Å². The van der Waals surface area contributed by atoms with Crippen molar-refractivity contribution < 1.29 is 4.79 Å². The summed E-state index contributed by atoms with van der Waals surface area (Å²) in [4.78, 5) is 17.7. The van der Waals surface area contributed by atoms with Gasteiger partial charge in [0.2, 0.25) is 0 Å². The lowest BCUT2D eigenvalue weighted by Crippen LogP contribution is -2.16. The summed E-state index contributed by atoms with van der Waals surface area (Å²) >= 11 is 0. The van der Waals surface area contributed by atoms with E-state index in [-0.39, 0.29) is 5.78 Å². The minimum atomic E-state index is 0.235. The number of ketones is 1. The van der Waals surface area contributed by atoms with E-state index in [0.717, 1.165) is 30.1 Å². The summed E-state index contributed by atoms with van der Waals surface area (Å²) in [6.07, 6.45) is 3.26. The second-order valence-electron chi connectivity index (χ2n) is 4.23. The maximum atomic E-state index is 11.1. The van der Waals surface area contributed by atoms with Crippen molar-refractivity contribution in [2.45, 2.75) is 26.3 Å². The van der Waals surface area contributed by atoms with E-state index >= 15 is 0 Å². The Morgan fingerprint density at radius 1 is 1.38 bits per heavy atom. The molecule has 1 aliphatic carbocycles. The molecule has 0 unspecified atom stereocenters. The Bertz CT molecular complexity index is 437. The average molecular weight is 216 g/mol. The van der Waals surface area contributed by atoms with E-state index in [4.69, 9.17) is 0 Å². The van der Waals surface area contributed by atoms with Crippen LogP contribution in [0.3, 0.4) is 0 Å². The molecule has 1 aromatic heterocycles. The van der Waals surface area contributed by atoms with E-state index in [1.165, 1.54) is 0 Å². The van der Waals surface area contributed by atoms with Crippen LogP contribution in [0, 0.1) is 6.92 Å². The summed E-state index contributed by atoms with van der Waals surface area (Å²) in [5.41, 5.74) is 3.19. The van der Waals surface area contributed by atoms with Crippen molar-refractivity contribution in [3.63, 3.8) is 0 Å². The Kier molecular flexibility index (Phi) is 3.04. The molecule has 3 nitrogen and oxygen atoms in total. The molecule has 0 atom stereocenters. The Hall–Kier alpha value is -1.64. The minimum Gasteiger partial charge on any atom is -0.372 e. The molecular formula is C13H16N2O. The fourth-order valence-electron chi connectivity index (χ4n) is 1.91. The van der Waals surface area contributed by atoms with Crippen molar-refractivity contribution in [1.29, 1.82) is 0 Å². The Morgan fingerprint density at radius 2 is 2.19 bits per heavy atom. The number of hydrogen-bond acceptors (Lipinski definition) is 3. The van der Waals surface area contributed by atoms with E-state index < -0.39 is 0 Å². The van der Waals surface area contributed by atoms with Gasteiger partial charge in [0.05, 0.1) is 12.2 Å². The quantitative estimate of drug-likeness (QED) is 0.775. The predicted molar refractivity (Wildman–Crippen MR) is 62.8 cm³/mol. The van der Waals surface area contributed by atoms with E-state index in [1.54, 1.807) is 6.08 Å². The summed E-state index contributed by atoms with van der Waals surface area (Å²) < 4.78 is 0. The molecule has 0 aliphatic heterocycles. The van der Waals surface area contributed by atoms with Crippen LogP contribution < -0.4 is 0 Å². The molecule has 1 aromatic rings. The predicted octanol–water partition coefficient (Wildman–Crippen LogP) is 2.07. The van der Waals surface area contributed by atoms with Crippen molar-refractivity contribution in [3.05, 3.63) is 41.4 Å². The van der Waals surface area contributed by atoms with Crippen LogP contribution in [0.15, 0.2) is 30.0 Å². The second kappa shape index (κ2) is 4.47. The van der Waals surface area contributed by atoms with Crippen LogP contribution in [0.25, 0.3) is 0 Å². The van der Waals surface area contributed by atoms with Crippen LogP contribution in [-0.4, -0.2) is 22.7 Å². The number of carbonyl (C=O) groups excluding carboxylic acids is 1. The molecule has 0 saturated carbocycles. The molecule has 2 rings (SSSR count). The first-order chi connectivity index (χ1) is 7.65. The molecule has 3 heteroatoms. The van der Waals surface area contributed by atoms with Gasteiger partial charge in [-0.25, -0.2) is 0 Å². The molecule has 84 valence electrons. The summed E-state index contributed by atoms with van der Waals surface area (Å²) in [6.45, 7) is 2.75. The van der Waals surface area contributed by atoms with Gasteiger partial charge in [0.1, 0.15) is 0 Å². The van der Waals surface area contributed by atoms with Crippen LogP contribution in [-0.2, 0) is 11.3 Å². The fraction of sp³-hybridized carbons (Fsp3) is 0.385. The van der Waals surface area contributed by atoms with Gasteiger partial charge >= 0.3 is 0 Å². The van der Waals surface area contributed by atoms with Crippen molar-refractivity contribution in [2.24, 2.45) is 0 Å². The highest BCUT2D eigenvalue weighted by Gasteiger charge is 2.15. The SMILES string of the molecule is Cc1cccc(CN(C)C2=CC(=O)CC2)n1. The van der Waals surface area contributed by atoms with Crippen molar-refractivity contribution in [1.82, 2.24) is 9.88 Å². The van der Waals surface area contributed by atoms with Gasteiger partial charge in [0.15, 0.2) is 5.78 Å². The van der Waals surface area contributed by atoms with Crippen LogP contribution in [0.5, 0.6) is 0 Å². The number of pyridine rings is 1. The standard InChI is InChI=1S/C13H16N2O/c1-10-4-3-5-11(14-10)9-15(2)12-6-7-13(16)8-12/h3-5,8H,6-7,9H2,1-2H3. The molecular weight excluding hydrogens is 200 g/mol. The summed E-state index contributed by atoms with van der Waals surface area (Å²) in [6, 6.07) is 6.02. The van der Waals surface area contributed by atoms with E-state index in [0.29, 0.717) is 6.42 Å². The maximum Gasteiger partial charge on any atom is 0.157 e. The molecule has 0 fully saturated rings. The zero-order valence-corrected chi connectivity index (χ0v) is 9.73. The number of carbonyl (C=O) groups is 1. The lowest BCUT2D eigenvalue weighted by atomic mass is 10.2. The first-order valence-electron chi connectivity index (χ1n) is 5.52. The zero-order chi connectivity index (χ0) is 11.5. The normalized spacial score (nSPS) is 15.1. The molecule has 1 aliphatic rings. The van der Waals surface area contributed by atoms with Gasteiger partial charge in [0.25, 0.3) is 0 Å². The van der Waals surface area contributed by atoms with Crippen molar-refractivity contribution >= 4 is 5.78 Å². The van der Waals surface area contributed by atoms with Gasteiger partial charge in [-0.2, -0.15) is 0 Å². The molecule has 0 aromatic carbocycles. The first kappa shape index (κ1) is 10.9.